The molecule has 0 aliphatic heterocycles. The Hall–Kier alpha value is -3.08. The summed E-state index contributed by atoms with van der Waals surface area (Å²) in [5.41, 5.74) is 4.06. The molecule has 0 spiro atoms. The molecule has 0 saturated heterocycles. The molecule has 0 bridgehead atoms. The lowest BCUT2D eigenvalue weighted by Gasteiger charge is -2.18. The monoisotopic (exact) mass is 392 g/mol. The van der Waals surface area contributed by atoms with Crippen LogP contribution in [0.4, 0.5) is 0 Å². The van der Waals surface area contributed by atoms with Crippen molar-refractivity contribution in [2.75, 3.05) is 6.61 Å². The number of nitrogens with one attached hydrogen (secondary N) is 1. The van der Waals surface area contributed by atoms with Crippen molar-refractivity contribution in [2.45, 2.75) is 46.6 Å². The zero-order valence-electron chi connectivity index (χ0n) is 17.7. The van der Waals surface area contributed by atoms with E-state index in [4.69, 9.17) is 9.26 Å². The van der Waals surface area contributed by atoms with E-state index in [9.17, 15) is 4.79 Å². The minimum atomic E-state index is -0.218. The molecule has 0 atom stereocenters. The average Bonchev–Trinajstić information content (AvgIpc) is 3.08. The van der Waals surface area contributed by atoms with Gasteiger partial charge in [-0.25, -0.2) is 0 Å². The third kappa shape index (κ3) is 4.67. The fourth-order valence-corrected chi connectivity index (χ4v) is 3.17. The summed E-state index contributed by atoms with van der Waals surface area (Å²) >= 11 is 0. The summed E-state index contributed by atoms with van der Waals surface area (Å²) < 4.78 is 11.1. The Morgan fingerprint density at radius 1 is 1.10 bits per heavy atom. The van der Waals surface area contributed by atoms with Crippen molar-refractivity contribution < 1.29 is 14.1 Å². The van der Waals surface area contributed by atoms with Crippen LogP contribution in [0.2, 0.25) is 0 Å². The average molecular weight is 392 g/mol. The van der Waals surface area contributed by atoms with Crippen molar-refractivity contribution in [3.05, 3.63) is 70.9 Å². The highest BCUT2D eigenvalue weighted by Crippen LogP contribution is 2.29. The number of aromatic nitrogens is 1. The van der Waals surface area contributed by atoms with E-state index in [1.54, 1.807) is 6.92 Å². The molecule has 0 saturated carbocycles. The zero-order valence-corrected chi connectivity index (χ0v) is 17.7. The lowest BCUT2D eigenvalue weighted by atomic mass is 9.86. The predicted octanol–water partition coefficient (Wildman–Crippen LogP) is 5.28. The van der Waals surface area contributed by atoms with Crippen LogP contribution < -0.4 is 10.1 Å². The molecule has 1 N–H and O–H groups in total. The van der Waals surface area contributed by atoms with Crippen LogP contribution in [0.5, 0.6) is 5.75 Å². The number of carbonyl (C=O) groups excluding carboxylic acids is 1. The fourth-order valence-electron chi connectivity index (χ4n) is 3.17. The molecule has 1 amide bonds. The Labute approximate surface area is 172 Å². The van der Waals surface area contributed by atoms with Crippen LogP contribution in [0.1, 0.15) is 54.9 Å². The first kappa shape index (κ1) is 20.6. The van der Waals surface area contributed by atoms with Gasteiger partial charge in [-0.3, -0.25) is 4.79 Å². The zero-order chi connectivity index (χ0) is 21.0. The first-order valence-electron chi connectivity index (χ1n) is 9.87. The number of hydrogen-bond acceptors (Lipinski definition) is 4. The van der Waals surface area contributed by atoms with E-state index >= 15 is 0 Å². The molecule has 1 heterocycles. The molecule has 3 aromatic rings. The number of para-hydroxylation sites is 1. The molecular weight excluding hydrogens is 364 g/mol. The first-order chi connectivity index (χ1) is 13.8. The van der Waals surface area contributed by atoms with E-state index in [-0.39, 0.29) is 11.3 Å². The van der Waals surface area contributed by atoms with Gasteiger partial charge in [-0.2, -0.15) is 0 Å². The van der Waals surface area contributed by atoms with Gasteiger partial charge in [0.1, 0.15) is 11.3 Å². The van der Waals surface area contributed by atoms with E-state index in [2.05, 4.69) is 43.4 Å². The number of amides is 1. The minimum absolute atomic E-state index is 0.0595. The Morgan fingerprint density at radius 3 is 2.45 bits per heavy atom. The number of ether oxygens (including phenoxy) is 1. The summed E-state index contributed by atoms with van der Waals surface area (Å²) in [6, 6.07) is 15.8. The summed E-state index contributed by atoms with van der Waals surface area (Å²) in [4.78, 5) is 12.9. The molecule has 5 heteroatoms. The number of aryl methyl sites for hydroxylation is 1. The van der Waals surface area contributed by atoms with Crippen molar-refractivity contribution in [1.82, 2.24) is 10.5 Å². The van der Waals surface area contributed by atoms with E-state index in [0.717, 1.165) is 16.9 Å². The molecule has 2 aromatic carbocycles. The maximum atomic E-state index is 12.9. The summed E-state index contributed by atoms with van der Waals surface area (Å²) in [5, 5.41) is 6.99. The molecular formula is C24H28N2O3. The number of hydrogen-bond donors (Lipinski definition) is 1. The van der Waals surface area contributed by atoms with Crippen molar-refractivity contribution in [2.24, 2.45) is 0 Å². The minimum Gasteiger partial charge on any atom is -0.494 e. The van der Waals surface area contributed by atoms with Crippen LogP contribution in [0.15, 0.2) is 53.1 Å². The standard InChI is InChI=1S/C24H28N2O3/c1-6-28-20-10-8-7-9-18(20)15-25-23(27)21-16(2)26-29-22(21)17-11-13-19(14-12-17)24(3,4)5/h7-14H,6,15H2,1-5H3,(H,25,27). The molecule has 0 radical (unpaired) electrons. The van der Waals surface area contributed by atoms with Crippen LogP contribution in [0, 0.1) is 6.92 Å². The van der Waals surface area contributed by atoms with Gasteiger partial charge in [0.2, 0.25) is 0 Å². The van der Waals surface area contributed by atoms with Crippen molar-refractivity contribution >= 4 is 5.91 Å². The lowest BCUT2D eigenvalue weighted by molar-refractivity contribution is 0.0950. The van der Waals surface area contributed by atoms with Gasteiger partial charge in [0, 0.05) is 17.7 Å². The molecule has 0 fully saturated rings. The lowest BCUT2D eigenvalue weighted by Crippen LogP contribution is -2.24. The molecule has 1 aromatic heterocycles. The highest BCUT2D eigenvalue weighted by atomic mass is 16.5. The summed E-state index contributed by atoms with van der Waals surface area (Å²) in [7, 11) is 0. The molecule has 5 nitrogen and oxygen atoms in total. The van der Waals surface area contributed by atoms with Gasteiger partial charge >= 0.3 is 0 Å². The van der Waals surface area contributed by atoms with Gasteiger partial charge in [-0.05, 0) is 30.9 Å². The van der Waals surface area contributed by atoms with Crippen LogP contribution >= 0.6 is 0 Å². The third-order valence-corrected chi connectivity index (χ3v) is 4.81. The SMILES string of the molecule is CCOc1ccccc1CNC(=O)c1c(C)noc1-c1ccc(C(C)(C)C)cc1. The van der Waals surface area contributed by atoms with E-state index in [1.807, 2.05) is 43.3 Å². The Kier molecular flexibility index (Phi) is 6.06. The summed E-state index contributed by atoms with van der Waals surface area (Å²) in [6.45, 7) is 11.2. The molecule has 29 heavy (non-hydrogen) atoms. The Balaban J connectivity index is 1.82. The van der Waals surface area contributed by atoms with Gasteiger partial charge in [0.05, 0.1) is 12.3 Å². The van der Waals surface area contributed by atoms with Crippen LogP contribution in [-0.4, -0.2) is 17.7 Å². The van der Waals surface area contributed by atoms with E-state index < -0.39 is 0 Å². The summed E-state index contributed by atoms with van der Waals surface area (Å²) in [5.74, 6) is 1.04. The maximum Gasteiger partial charge on any atom is 0.257 e. The van der Waals surface area contributed by atoms with Gasteiger partial charge in [0.25, 0.3) is 5.91 Å². The summed E-state index contributed by atoms with van der Waals surface area (Å²) in [6.07, 6.45) is 0. The second kappa shape index (κ2) is 8.52. The number of rotatable bonds is 6. The molecule has 0 aliphatic carbocycles. The number of benzene rings is 2. The molecule has 3 rings (SSSR count). The Bertz CT molecular complexity index is 982. The normalized spacial score (nSPS) is 11.3. The van der Waals surface area contributed by atoms with Crippen molar-refractivity contribution in [1.29, 1.82) is 0 Å². The van der Waals surface area contributed by atoms with Crippen LogP contribution in [-0.2, 0) is 12.0 Å². The van der Waals surface area contributed by atoms with Crippen molar-refractivity contribution in [3.63, 3.8) is 0 Å². The highest BCUT2D eigenvalue weighted by molar-refractivity contribution is 6.00. The number of nitrogens with zero attached hydrogens (tertiary/aromatic N) is 1. The predicted molar refractivity (Wildman–Crippen MR) is 114 cm³/mol. The Morgan fingerprint density at radius 2 is 1.79 bits per heavy atom. The maximum absolute atomic E-state index is 12.9. The quantitative estimate of drug-likeness (QED) is 0.620. The highest BCUT2D eigenvalue weighted by Gasteiger charge is 2.22. The molecule has 0 aliphatic rings. The van der Waals surface area contributed by atoms with Gasteiger partial charge in [-0.1, -0.05) is 68.4 Å². The second-order valence-corrected chi connectivity index (χ2v) is 8.02. The second-order valence-electron chi connectivity index (χ2n) is 8.02. The molecule has 152 valence electrons. The van der Waals surface area contributed by atoms with E-state index in [0.29, 0.717) is 30.2 Å². The topological polar surface area (TPSA) is 64.4 Å². The van der Waals surface area contributed by atoms with E-state index in [1.165, 1.54) is 5.56 Å². The molecule has 0 unspecified atom stereocenters. The van der Waals surface area contributed by atoms with Crippen LogP contribution in [0.3, 0.4) is 0 Å². The largest absolute Gasteiger partial charge is 0.494 e. The fraction of sp³-hybridized carbons (Fsp3) is 0.333. The van der Waals surface area contributed by atoms with Gasteiger partial charge < -0.3 is 14.6 Å². The van der Waals surface area contributed by atoms with Crippen LogP contribution in [0.25, 0.3) is 11.3 Å². The smallest absolute Gasteiger partial charge is 0.257 e. The van der Waals surface area contributed by atoms with Gasteiger partial charge in [0.15, 0.2) is 5.76 Å². The first-order valence-corrected chi connectivity index (χ1v) is 9.87. The number of carbonyl (C=O) groups is 1. The van der Waals surface area contributed by atoms with Crippen molar-refractivity contribution in [3.8, 4) is 17.1 Å². The van der Waals surface area contributed by atoms with Gasteiger partial charge in [-0.15, -0.1) is 0 Å². The third-order valence-electron chi connectivity index (χ3n) is 4.81.